The van der Waals surface area contributed by atoms with Gasteiger partial charge >= 0.3 is 12.3 Å². The maximum Gasteiger partial charge on any atom is 0.326 e. The molecule has 2 N–H and O–H groups in total. The quantitative estimate of drug-likeness (QED) is 0.823. The van der Waals surface area contributed by atoms with Gasteiger partial charge in [0.25, 0.3) is 0 Å². The minimum atomic E-state index is -4.22. The fraction of sp³-hybridized carbons (Fsp3) is 0.538. The highest BCUT2D eigenvalue weighted by Gasteiger charge is 2.47. The number of halogens is 4. The van der Waals surface area contributed by atoms with Crippen molar-refractivity contribution in [1.29, 1.82) is 0 Å². The topological polar surface area (TPSA) is 26.0 Å². The Labute approximate surface area is 104 Å². The van der Waals surface area contributed by atoms with E-state index in [2.05, 4.69) is 0 Å². The Balaban J connectivity index is 2.99. The summed E-state index contributed by atoms with van der Waals surface area (Å²) in [5.41, 5.74) is 6.01. The van der Waals surface area contributed by atoms with Crippen LogP contribution in [-0.2, 0) is 5.41 Å². The second kappa shape index (κ2) is 4.88. The van der Waals surface area contributed by atoms with Gasteiger partial charge in [-0.25, -0.2) is 8.78 Å². The summed E-state index contributed by atoms with van der Waals surface area (Å²) in [6, 6.07) is 4.03. The second-order valence-electron chi connectivity index (χ2n) is 5.32. The van der Waals surface area contributed by atoms with Crippen molar-refractivity contribution >= 4 is 0 Å². The largest absolute Gasteiger partial charge is 0.326 e. The van der Waals surface area contributed by atoms with Crippen LogP contribution in [0.3, 0.4) is 0 Å². The molecule has 1 unspecified atom stereocenters. The molecule has 0 aliphatic heterocycles. The molecule has 1 aromatic carbocycles. The molecule has 0 saturated heterocycles. The molecule has 0 bridgehead atoms. The number of benzene rings is 1. The molecule has 0 spiro atoms. The zero-order valence-electron chi connectivity index (χ0n) is 10.6. The Hall–Kier alpha value is -1.10. The maximum atomic E-state index is 13.1. The van der Waals surface area contributed by atoms with Gasteiger partial charge in [-0.15, -0.1) is 0 Å². The van der Waals surface area contributed by atoms with E-state index < -0.39 is 18.4 Å². The molecule has 0 heterocycles. The van der Waals surface area contributed by atoms with Crippen molar-refractivity contribution in [2.45, 2.75) is 44.6 Å². The maximum absolute atomic E-state index is 13.1. The summed E-state index contributed by atoms with van der Waals surface area (Å²) in [6.45, 7) is 5.90. The van der Waals surface area contributed by atoms with Gasteiger partial charge in [-0.05, 0) is 16.5 Å². The Kier molecular flexibility index (Phi) is 4.05. The number of hydrogen-bond donors (Lipinski definition) is 1. The molecular weight excluding hydrogens is 246 g/mol. The van der Waals surface area contributed by atoms with Gasteiger partial charge in [0.2, 0.25) is 0 Å². The van der Waals surface area contributed by atoms with Crippen molar-refractivity contribution in [3.05, 3.63) is 35.4 Å². The lowest BCUT2D eigenvalue weighted by Crippen LogP contribution is -2.39. The monoisotopic (exact) mass is 263 g/mol. The van der Waals surface area contributed by atoms with E-state index >= 15 is 0 Å². The highest BCUT2D eigenvalue weighted by molar-refractivity contribution is 5.30. The van der Waals surface area contributed by atoms with E-state index in [-0.39, 0.29) is 11.0 Å². The lowest BCUT2D eigenvalue weighted by atomic mass is 9.86. The first kappa shape index (κ1) is 15.0. The van der Waals surface area contributed by atoms with Crippen LogP contribution in [0.1, 0.15) is 37.9 Å². The van der Waals surface area contributed by atoms with Gasteiger partial charge in [0.1, 0.15) is 6.04 Å². The molecule has 1 aromatic rings. The molecule has 0 aromatic heterocycles. The first-order chi connectivity index (χ1) is 8.06. The van der Waals surface area contributed by atoms with Crippen LogP contribution in [0, 0.1) is 0 Å². The Morgan fingerprint density at radius 3 is 1.78 bits per heavy atom. The first-order valence-electron chi connectivity index (χ1n) is 5.59. The van der Waals surface area contributed by atoms with Crippen LogP contribution in [0.5, 0.6) is 0 Å². The van der Waals surface area contributed by atoms with Crippen molar-refractivity contribution in [2.24, 2.45) is 5.73 Å². The van der Waals surface area contributed by atoms with Crippen LogP contribution < -0.4 is 5.73 Å². The van der Waals surface area contributed by atoms with E-state index in [1.165, 1.54) is 12.1 Å². The third-order valence-corrected chi connectivity index (χ3v) is 2.84. The average Bonchev–Trinajstić information content (AvgIpc) is 2.26. The van der Waals surface area contributed by atoms with Crippen molar-refractivity contribution in [2.75, 3.05) is 0 Å². The molecule has 0 saturated carbocycles. The number of nitrogens with two attached hydrogens (primary N) is 1. The number of rotatable bonds is 3. The SMILES string of the molecule is CC(C)(C)c1ccc(C(N)C(F)(F)C(F)F)cc1. The van der Waals surface area contributed by atoms with Crippen LogP contribution in [0.4, 0.5) is 17.6 Å². The second-order valence-corrected chi connectivity index (χ2v) is 5.32. The van der Waals surface area contributed by atoms with Crippen molar-refractivity contribution in [3.8, 4) is 0 Å². The molecule has 1 rings (SSSR count). The summed E-state index contributed by atoms with van der Waals surface area (Å²) < 4.78 is 50.5. The minimum Gasteiger partial charge on any atom is -0.319 e. The fourth-order valence-corrected chi connectivity index (χ4v) is 1.55. The van der Waals surface area contributed by atoms with E-state index in [0.29, 0.717) is 0 Å². The Bertz CT molecular complexity index is 392. The third kappa shape index (κ3) is 3.02. The zero-order chi connectivity index (χ0) is 14.1. The molecule has 0 aliphatic rings. The van der Waals surface area contributed by atoms with Crippen LogP contribution in [0.15, 0.2) is 24.3 Å². The minimum absolute atomic E-state index is 0.00769. The molecule has 1 atom stereocenters. The van der Waals surface area contributed by atoms with E-state index in [1.807, 2.05) is 20.8 Å². The van der Waals surface area contributed by atoms with Gasteiger partial charge in [-0.1, -0.05) is 45.0 Å². The van der Waals surface area contributed by atoms with Crippen LogP contribution >= 0.6 is 0 Å². The van der Waals surface area contributed by atoms with Gasteiger partial charge in [0.15, 0.2) is 0 Å². The Morgan fingerprint density at radius 1 is 1.00 bits per heavy atom. The summed E-state index contributed by atoms with van der Waals surface area (Å²) in [5.74, 6) is -4.22. The summed E-state index contributed by atoms with van der Waals surface area (Å²) >= 11 is 0. The van der Waals surface area contributed by atoms with Crippen LogP contribution in [0.2, 0.25) is 0 Å². The van der Waals surface area contributed by atoms with Crippen LogP contribution in [0.25, 0.3) is 0 Å². The summed E-state index contributed by atoms with van der Waals surface area (Å²) in [6.07, 6.45) is -3.77. The van der Waals surface area contributed by atoms with Crippen molar-refractivity contribution in [1.82, 2.24) is 0 Å². The predicted molar refractivity (Wildman–Crippen MR) is 63.0 cm³/mol. The summed E-state index contributed by atoms with van der Waals surface area (Å²) in [7, 11) is 0. The molecular formula is C13H17F4N. The van der Waals surface area contributed by atoms with Gasteiger partial charge in [-0.3, -0.25) is 0 Å². The van der Waals surface area contributed by atoms with E-state index in [9.17, 15) is 17.6 Å². The third-order valence-electron chi connectivity index (χ3n) is 2.84. The first-order valence-corrected chi connectivity index (χ1v) is 5.59. The highest BCUT2D eigenvalue weighted by atomic mass is 19.3. The smallest absolute Gasteiger partial charge is 0.319 e. The van der Waals surface area contributed by atoms with Crippen molar-refractivity contribution < 1.29 is 17.6 Å². The molecule has 1 nitrogen and oxygen atoms in total. The molecule has 5 heteroatoms. The van der Waals surface area contributed by atoms with Crippen molar-refractivity contribution in [3.63, 3.8) is 0 Å². The lowest BCUT2D eigenvalue weighted by Gasteiger charge is -2.24. The van der Waals surface area contributed by atoms with Gasteiger partial charge in [0.05, 0.1) is 0 Å². The predicted octanol–water partition coefficient (Wildman–Crippen LogP) is 3.88. The zero-order valence-corrected chi connectivity index (χ0v) is 10.6. The van der Waals surface area contributed by atoms with Crippen LogP contribution in [-0.4, -0.2) is 12.3 Å². The molecule has 18 heavy (non-hydrogen) atoms. The molecule has 0 aliphatic carbocycles. The van der Waals surface area contributed by atoms with Gasteiger partial charge in [0, 0.05) is 0 Å². The number of alkyl halides is 4. The summed E-state index contributed by atoms with van der Waals surface area (Å²) in [4.78, 5) is 0. The van der Waals surface area contributed by atoms with E-state index in [4.69, 9.17) is 5.73 Å². The standard InChI is InChI=1S/C13H17F4N/c1-12(2,3)9-6-4-8(5-7-9)10(18)13(16,17)11(14)15/h4-7,10-11H,18H2,1-3H3. The fourth-order valence-electron chi connectivity index (χ4n) is 1.55. The van der Waals surface area contributed by atoms with Gasteiger partial charge < -0.3 is 5.73 Å². The number of hydrogen-bond acceptors (Lipinski definition) is 1. The molecule has 0 amide bonds. The Morgan fingerprint density at radius 2 is 1.44 bits per heavy atom. The van der Waals surface area contributed by atoms with Gasteiger partial charge in [-0.2, -0.15) is 8.78 Å². The molecule has 0 radical (unpaired) electrons. The molecule has 0 fully saturated rings. The lowest BCUT2D eigenvalue weighted by molar-refractivity contribution is -0.144. The highest BCUT2D eigenvalue weighted by Crippen LogP contribution is 2.35. The average molecular weight is 263 g/mol. The normalized spacial score (nSPS) is 14.9. The van der Waals surface area contributed by atoms with E-state index in [0.717, 1.165) is 5.56 Å². The van der Waals surface area contributed by atoms with E-state index in [1.54, 1.807) is 12.1 Å². The molecule has 102 valence electrons. The summed E-state index contributed by atoms with van der Waals surface area (Å²) in [5, 5.41) is 0.